The third-order valence-electron chi connectivity index (χ3n) is 5.20. The van der Waals surface area contributed by atoms with Crippen molar-refractivity contribution in [1.29, 1.82) is 10.5 Å². The van der Waals surface area contributed by atoms with E-state index in [2.05, 4.69) is 36.3 Å². The Morgan fingerprint density at radius 3 is 2.47 bits per heavy atom. The van der Waals surface area contributed by atoms with Crippen LogP contribution in [0.25, 0.3) is 11.1 Å². The molecule has 0 aliphatic heterocycles. The molecule has 0 radical (unpaired) electrons. The highest BCUT2D eigenvalue weighted by molar-refractivity contribution is 7.99. The summed E-state index contributed by atoms with van der Waals surface area (Å²) in [6, 6.07) is 19.1. The summed E-state index contributed by atoms with van der Waals surface area (Å²) in [5.41, 5.74) is 9.53. The number of ether oxygens (including phenoxy) is 1. The van der Waals surface area contributed by atoms with Crippen LogP contribution in [-0.4, -0.2) is 23.8 Å². The van der Waals surface area contributed by atoms with E-state index >= 15 is 0 Å². The molecule has 0 saturated heterocycles. The van der Waals surface area contributed by atoms with Crippen LogP contribution in [0.3, 0.4) is 0 Å². The van der Waals surface area contributed by atoms with Gasteiger partial charge in [-0.15, -0.1) is 11.8 Å². The van der Waals surface area contributed by atoms with Gasteiger partial charge < -0.3 is 15.8 Å². The summed E-state index contributed by atoms with van der Waals surface area (Å²) in [6.07, 6.45) is 0.201. The minimum absolute atomic E-state index is 0.0627. The van der Waals surface area contributed by atoms with Gasteiger partial charge in [0.1, 0.15) is 34.3 Å². The number of rotatable bonds is 8. The van der Waals surface area contributed by atoms with Crippen LogP contribution in [0, 0.1) is 22.7 Å². The molecule has 1 amide bonds. The Morgan fingerprint density at radius 2 is 1.85 bits per heavy atom. The molecule has 0 saturated carbocycles. The zero-order valence-electron chi connectivity index (χ0n) is 19.3. The van der Waals surface area contributed by atoms with Crippen LogP contribution in [0.2, 0.25) is 0 Å². The maximum atomic E-state index is 12.4. The van der Waals surface area contributed by atoms with Crippen molar-refractivity contribution in [2.24, 2.45) is 0 Å². The number of nitrogens with one attached hydrogen (secondary N) is 1. The molecule has 3 aromatic rings. The number of carbonyl (C=O) groups is 1. The van der Waals surface area contributed by atoms with Gasteiger partial charge in [-0.05, 0) is 29.2 Å². The second-order valence-electron chi connectivity index (χ2n) is 7.81. The van der Waals surface area contributed by atoms with Crippen molar-refractivity contribution < 1.29 is 9.53 Å². The van der Waals surface area contributed by atoms with Gasteiger partial charge in [-0.3, -0.25) is 4.79 Å². The zero-order chi connectivity index (χ0) is 24.7. The van der Waals surface area contributed by atoms with Crippen LogP contribution >= 0.6 is 11.8 Å². The summed E-state index contributed by atoms with van der Waals surface area (Å²) in [7, 11) is 1.56. The van der Waals surface area contributed by atoms with E-state index in [1.807, 2.05) is 24.3 Å². The monoisotopic (exact) mass is 471 g/mol. The first-order chi connectivity index (χ1) is 16.4. The number of anilines is 2. The number of benzene rings is 2. The summed E-state index contributed by atoms with van der Waals surface area (Å²) in [4.78, 5) is 16.7. The lowest BCUT2D eigenvalue weighted by atomic mass is 9.94. The molecule has 3 N–H and O–H groups in total. The fraction of sp³-hybridized carbons (Fsp3) is 0.231. The maximum Gasteiger partial charge on any atom is 0.225 e. The predicted molar refractivity (Wildman–Crippen MR) is 135 cm³/mol. The van der Waals surface area contributed by atoms with Gasteiger partial charge in [0, 0.05) is 29.5 Å². The van der Waals surface area contributed by atoms with Crippen molar-refractivity contribution in [3.8, 4) is 29.0 Å². The van der Waals surface area contributed by atoms with E-state index in [1.165, 1.54) is 11.8 Å². The molecule has 0 unspecified atom stereocenters. The molecular weight excluding hydrogens is 446 g/mol. The highest BCUT2D eigenvalue weighted by Gasteiger charge is 2.21. The number of pyridine rings is 1. The maximum absolute atomic E-state index is 12.4. The quantitative estimate of drug-likeness (QED) is 0.426. The van der Waals surface area contributed by atoms with Crippen molar-refractivity contribution in [2.45, 2.75) is 31.2 Å². The number of nitrogen functional groups attached to an aromatic ring is 1. The first-order valence-corrected chi connectivity index (χ1v) is 11.7. The van der Waals surface area contributed by atoms with E-state index < -0.39 is 0 Å². The molecule has 7 nitrogen and oxygen atoms in total. The number of hydrogen-bond donors (Lipinski definition) is 2. The number of carbonyl (C=O) groups excluding carboxylic acids is 1. The fourth-order valence-electron chi connectivity index (χ4n) is 3.39. The Balaban J connectivity index is 1.81. The molecule has 1 aromatic heterocycles. The number of methoxy groups -OCH3 is 1. The molecule has 0 aliphatic carbocycles. The van der Waals surface area contributed by atoms with Gasteiger partial charge in [0.25, 0.3) is 0 Å². The molecule has 0 atom stereocenters. The molecule has 8 heteroatoms. The van der Waals surface area contributed by atoms with Gasteiger partial charge in [0.05, 0.1) is 12.7 Å². The van der Waals surface area contributed by atoms with Crippen molar-refractivity contribution in [2.75, 3.05) is 23.9 Å². The molecule has 3 rings (SSSR count). The molecule has 0 spiro atoms. The molecule has 0 aliphatic rings. The van der Waals surface area contributed by atoms with Crippen LogP contribution in [0.1, 0.15) is 42.9 Å². The van der Waals surface area contributed by atoms with Gasteiger partial charge in [0.2, 0.25) is 5.91 Å². The summed E-state index contributed by atoms with van der Waals surface area (Å²) in [6.45, 7) is 4.19. The second kappa shape index (κ2) is 11.2. The Morgan fingerprint density at radius 1 is 1.15 bits per heavy atom. The van der Waals surface area contributed by atoms with Gasteiger partial charge in [-0.25, -0.2) is 4.98 Å². The van der Waals surface area contributed by atoms with Crippen LogP contribution in [-0.2, 0) is 4.79 Å². The van der Waals surface area contributed by atoms with Crippen molar-refractivity contribution in [1.82, 2.24) is 4.98 Å². The van der Waals surface area contributed by atoms with Crippen molar-refractivity contribution in [3.63, 3.8) is 0 Å². The van der Waals surface area contributed by atoms with E-state index in [4.69, 9.17) is 10.5 Å². The minimum atomic E-state index is -0.176. The van der Waals surface area contributed by atoms with Crippen molar-refractivity contribution in [3.05, 3.63) is 65.2 Å². The Hall–Kier alpha value is -4.01. The van der Waals surface area contributed by atoms with Gasteiger partial charge in [-0.2, -0.15) is 10.5 Å². The first-order valence-electron chi connectivity index (χ1n) is 10.7. The topological polar surface area (TPSA) is 125 Å². The molecule has 0 fully saturated rings. The number of amides is 1. The fourth-order valence-corrected chi connectivity index (χ4v) is 4.33. The lowest BCUT2D eigenvalue weighted by Gasteiger charge is -2.14. The van der Waals surface area contributed by atoms with Crippen LogP contribution < -0.4 is 15.8 Å². The van der Waals surface area contributed by atoms with Crippen LogP contribution in [0.4, 0.5) is 11.5 Å². The average molecular weight is 472 g/mol. The summed E-state index contributed by atoms with van der Waals surface area (Å²) < 4.78 is 5.17. The smallest absolute Gasteiger partial charge is 0.225 e. The average Bonchev–Trinajstić information content (AvgIpc) is 2.83. The second-order valence-corrected chi connectivity index (χ2v) is 8.89. The third-order valence-corrected chi connectivity index (χ3v) is 6.18. The van der Waals surface area contributed by atoms with Gasteiger partial charge >= 0.3 is 0 Å². The predicted octanol–water partition coefficient (Wildman–Crippen LogP) is 5.33. The van der Waals surface area contributed by atoms with E-state index in [0.717, 1.165) is 11.1 Å². The Bertz CT molecular complexity index is 1270. The Labute approximate surface area is 203 Å². The summed E-state index contributed by atoms with van der Waals surface area (Å²) in [5.74, 6) is 1.28. The number of aromatic nitrogens is 1. The van der Waals surface area contributed by atoms with Crippen LogP contribution in [0.5, 0.6) is 5.75 Å². The number of hydrogen-bond acceptors (Lipinski definition) is 7. The summed E-state index contributed by atoms with van der Waals surface area (Å²) in [5, 5.41) is 22.8. The SMILES string of the molecule is COc1cccc(NC(=O)CCSc2nc(N)c(C#N)c(-c3ccc(C(C)C)cc3)c2C#N)c1. The molecule has 2 aromatic carbocycles. The van der Waals surface area contributed by atoms with Gasteiger partial charge in [0.15, 0.2) is 0 Å². The Kier molecular flexibility index (Phi) is 8.13. The highest BCUT2D eigenvalue weighted by atomic mass is 32.2. The molecule has 0 bridgehead atoms. The summed E-state index contributed by atoms with van der Waals surface area (Å²) >= 11 is 1.26. The number of nitrogens with zero attached hydrogens (tertiary/aromatic N) is 3. The number of nitriles is 2. The standard InChI is InChI=1S/C26H25N5O2S/c1-16(2)17-7-9-18(10-8-17)24-21(14-27)25(29)31-26(22(24)15-28)34-12-11-23(32)30-19-5-4-6-20(13-19)33-3/h4-10,13,16H,11-12H2,1-3H3,(H2,29,31)(H,30,32). The molecular formula is C26H25N5O2S. The molecule has 172 valence electrons. The lowest BCUT2D eigenvalue weighted by Crippen LogP contribution is -2.12. The van der Waals surface area contributed by atoms with E-state index in [-0.39, 0.29) is 29.3 Å². The van der Waals surface area contributed by atoms with E-state index in [1.54, 1.807) is 31.4 Å². The molecule has 34 heavy (non-hydrogen) atoms. The zero-order valence-corrected chi connectivity index (χ0v) is 20.1. The number of nitrogens with two attached hydrogens (primary N) is 1. The van der Waals surface area contributed by atoms with Crippen LogP contribution in [0.15, 0.2) is 53.6 Å². The van der Waals surface area contributed by atoms with Gasteiger partial charge in [-0.1, -0.05) is 44.2 Å². The highest BCUT2D eigenvalue weighted by Crippen LogP contribution is 2.36. The number of thioether (sulfide) groups is 1. The third kappa shape index (κ3) is 5.67. The largest absolute Gasteiger partial charge is 0.497 e. The molecule has 1 heterocycles. The normalized spacial score (nSPS) is 10.4. The van der Waals surface area contributed by atoms with Crippen molar-refractivity contribution >= 4 is 29.2 Å². The van der Waals surface area contributed by atoms with E-state index in [0.29, 0.717) is 33.7 Å². The lowest BCUT2D eigenvalue weighted by molar-refractivity contribution is -0.115. The first kappa shape index (κ1) is 24.6. The minimum Gasteiger partial charge on any atom is -0.497 e. The van der Waals surface area contributed by atoms with E-state index in [9.17, 15) is 15.3 Å².